The molecule has 1 atom stereocenters. The van der Waals surface area contributed by atoms with Gasteiger partial charge in [0, 0.05) is 41.2 Å². The number of thiophene rings is 1. The van der Waals surface area contributed by atoms with Crippen molar-refractivity contribution in [2.24, 2.45) is 5.73 Å². The lowest BCUT2D eigenvalue weighted by molar-refractivity contribution is -0.116. The second kappa shape index (κ2) is 7.74. The largest absolute Gasteiger partial charge is 0.330 e. The second-order valence-corrected chi connectivity index (χ2v) is 7.89. The fourth-order valence-corrected chi connectivity index (χ4v) is 3.97. The standard InChI is InChI=1S/C17H17BrN4OS/c18-16-6-5-15(24-16)12(8-19)7-17(23)22-14-3-1-11(2-4-14)13-9-20-21-10-13/h1-6,9-10,12H,7-8,19H2,(H,20,21)(H,22,23). The highest BCUT2D eigenvalue weighted by molar-refractivity contribution is 9.11. The van der Waals surface area contributed by atoms with E-state index < -0.39 is 0 Å². The van der Waals surface area contributed by atoms with Crippen LogP contribution in [-0.4, -0.2) is 22.6 Å². The molecule has 0 aliphatic heterocycles. The number of halogens is 1. The van der Waals surface area contributed by atoms with Crippen molar-refractivity contribution in [2.45, 2.75) is 12.3 Å². The Balaban J connectivity index is 1.62. The summed E-state index contributed by atoms with van der Waals surface area (Å²) in [7, 11) is 0. The third-order valence-corrected chi connectivity index (χ3v) is 5.50. The fourth-order valence-electron chi connectivity index (χ4n) is 2.44. The number of aromatic amines is 1. The molecular weight excluding hydrogens is 388 g/mol. The first-order valence-corrected chi connectivity index (χ1v) is 9.11. The lowest BCUT2D eigenvalue weighted by Crippen LogP contribution is -2.20. The van der Waals surface area contributed by atoms with Gasteiger partial charge in [0.25, 0.3) is 0 Å². The van der Waals surface area contributed by atoms with Gasteiger partial charge in [-0.1, -0.05) is 12.1 Å². The zero-order chi connectivity index (χ0) is 16.9. The van der Waals surface area contributed by atoms with Crippen molar-refractivity contribution in [1.82, 2.24) is 10.2 Å². The number of hydrogen-bond donors (Lipinski definition) is 3. The summed E-state index contributed by atoms with van der Waals surface area (Å²) in [5, 5.41) is 9.65. The summed E-state index contributed by atoms with van der Waals surface area (Å²) in [4.78, 5) is 13.4. The number of nitrogens with one attached hydrogen (secondary N) is 2. The molecule has 0 fully saturated rings. The van der Waals surface area contributed by atoms with E-state index in [0.29, 0.717) is 13.0 Å². The van der Waals surface area contributed by atoms with Crippen molar-refractivity contribution in [3.63, 3.8) is 0 Å². The molecule has 0 spiro atoms. The Morgan fingerprint density at radius 1 is 1.25 bits per heavy atom. The lowest BCUT2D eigenvalue weighted by Gasteiger charge is -2.13. The number of nitrogens with two attached hydrogens (primary N) is 1. The number of carbonyl (C=O) groups excluding carboxylic acids is 1. The van der Waals surface area contributed by atoms with Crippen molar-refractivity contribution in [3.8, 4) is 11.1 Å². The molecule has 3 rings (SSSR count). The predicted molar refractivity (Wildman–Crippen MR) is 101 cm³/mol. The molecule has 1 unspecified atom stereocenters. The number of carbonyl (C=O) groups is 1. The van der Waals surface area contributed by atoms with Crippen LogP contribution in [0.2, 0.25) is 0 Å². The highest BCUT2D eigenvalue weighted by Crippen LogP contribution is 2.30. The SMILES string of the molecule is NCC(CC(=O)Nc1ccc(-c2cn[nH]c2)cc1)c1ccc(Br)s1. The molecule has 1 amide bonds. The molecule has 0 aliphatic carbocycles. The molecule has 7 heteroatoms. The number of amides is 1. The van der Waals surface area contributed by atoms with Gasteiger partial charge in [0.2, 0.25) is 5.91 Å². The Bertz CT molecular complexity index is 798. The van der Waals surface area contributed by atoms with Gasteiger partial charge in [0.1, 0.15) is 0 Å². The van der Waals surface area contributed by atoms with Gasteiger partial charge >= 0.3 is 0 Å². The Labute approximate surface area is 152 Å². The zero-order valence-corrected chi connectivity index (χ0v) is 15.2. The normalized spacial score (nSPS) is 12.1. The van der Waals surface area contributed by atoms with Crippen molar-refractivity contribution in [2.75, 3.05) is 11.9 Å². The molecule has 0 aliphatic rings. The van der Waals surface area contributed by atoms with Crippen molar-refractivity contribution < 1.29 is 4.79 Å². The van der Waals surface area contributed by atoms with Gasteiger partial charge in [-0.25, -0.2) is 0 Å². The molecular formula is C17H17BrN4OS. The van der Waals surface area contributed by atoms with Crippen LogP contribution >= 0.6 is 27.3 Å². The van der Waals surface area contributed by atoms with Crippen LogP contribution in [0.15, 0.2) is 52.6 Å². The Hall–Kier alpha value is -1.96. The van der Waals surface area contributed by atoms with Gasteiger partial charge in [-0.05, 0) is 45.8 Å². The molecule has 0 saturated heterocycles. The minimum atomic E-state index is -0.0361. The number of rotatable bonds is 6. The minimum absolute atomic E-state index is 0.0338. The number of anilines is 1. The maximum atomic E-state index is 12.3. The van der Waals surface area contributed by atoms with Crippen molar-refractivity contribution in [3.05, 3.63) is 57.5 Å². The van der Waals surface area contributed by atoms with Crippen LogP contribution in [0.4, 0.5) is 5.69 Å². The summed E-state index contributed by atoms with van der Waals surface area (Å²) in [6.45, 7) is 0.444. The van der Waals surface area contributed by atoms with Crippen LogP contribution in [-0.2, 0) is 4.79 Å². The maximum Gasteiger partial charge on any atom is 0.225 e. The van der Waals surface area contributed by atoms with Gasteiger partial charge in [-0.2, -0.15) is 5.10 Å². The maximum absolute atomic E-state index is 12.3. The van der Waals surface area contributed by atoms with Crippen LogP contribution in [0.5, 0.6) is 0 Å². The Kier molecular flexibility index (Phi) is 5.44. The van der Waals surface area contributed by atoms with E-state index in [9.17, 15) is 4.79 Å². The Morgan fingerprint density at radius 3 is 2.62 bits per heavy atom. The highest BCUT2D eigenvalue weighted by Gasteiger charge is 2.16. The molecule has 0 bridgehead atoms. The average Bonchev–Trinajstić information content (AvgIpc) is 3.25. The third kappa shape index (κ3) is 4.11. The van der Waals surface area contributed by atoms with E-state index in [2.05, 4.69) is 31.4 Å². The molecule has 124 valence electrons. The number of aromatic nitrogens is 2. The van der Waals surface area contributed by atoms with E-state index in [-0.39, 0.29) is 11.8 Å². The molecule has 1 aromatic carbocycles. The molecule has 3 aromatic rings. The first-order chi connectivity index (χ1) is 11.7. The molecule has 5 nitrogen and oxygen atoms in total. The van der Waals surface area contributed by atoms with Gasteiger partial charge < -0.3 is 11.1 Å². The quantitative estimate of drug-likeness (QED) is 0.580. The summed E-state index contributed by atoms with van der Waals surface area (Å²) in [6, 6.07) is 11.7. The van der Waals surface area contributed by atoms with Crippen LogP contribution in [0.25, 0.3) is 11.1 Å². The van der Waals surface area contributed by atoms with Crippen molar-refractivity contribution in [1.29, 1.82) is 0 Å². The number of hydrogen-bond acceptors (Lipinski definition) is 4. The first-order valence-electron chi connectivity index (χ1n) is 7.50. The molecule has 2 aromatic heterocycles. The second-order valence-electron chi connectivity index (χ2n) is 5.39. The first kappa shape index (κ1) is 16.9. The molecule has 24 heavy (non-hydrogen) atoms. The molecule has 0 saturated carbocycles. The van der Waals surface area contributed by atoms with E-state index in [0.717, 1.165) is 25.5 Å². The van der Waals surface area contributed by atoms with Gasteiger partial charge in [-0.15, -0.1) is 11.3 Å². The van der Waals surface area contributed by atoms with Crippen molar-refractivity contribution >= 4 is 38.9 Å². The van der Waals surface area contributed by atoms with Crippen LogP contribution in [0, 0.1) is 0 Å². The van der Waals surface area contributed by atoms with E-state index in [1.807, 2.05) is 42.6 Å². The van der Waals surface area contributed by atoms with E-state index in [1.165, 1.54) is 0 Å². The molecule has 2 heterocycles. The van der Waals surface area contributed by atoms with E-state index >= 15 is 0 Å². The summed E-state index contributed by atoms with van der Waals surface area (Å²) < 4.78 is 1.05. The third-order valence-electron chi connectivity index (χ3n) is 3.71. The number of nitrogens with zero attached hydrogens (tertiary/aromatic N) is 1. The van der Waals surface area contributed by atoms with Gasteiger partial charge in [-0.3, -0.25) is 9.89 Å². The monoisotopic (exact) mass is 404 g/mol. The van der Waals surface area contributed by atoms with Crippen LogP contribution in [0.1, 0.15) is 17.2 Å². The summed E-state index contributed by atoms with van der Waals surface area (Å²) >= 11 is 5.06. The predicted octanol–water partition coefficient (Wildman–Crippen LogP) is 3.97. The molecule has 0 radical (unpaired) electrons. The Morgan fingerprint density at radius 2 is 2.04 bits per heavy atom. The van der Waals surface area contributed by atoms with E-state index in [1.54, 1.807) is 17.5 Å². The van der Waals surface area contributed by atoms with Gasteiger partial charge in [0.15, 0.2) is 0 Å². The topological polar surface area (TPSA) is 83.8 Å². The van der Waals surface area contributed by atoms with Gasteiger partial charge in [0.05, 0.1) is 9.98 Å². The van der Waals surface area contributed by atoms with E-state index in [4.69, 9.17) is 5.73 Å². The summed E-state index contributed by atoms with van der Waals surface area (Å²) in [5.41, 5.74) is 8.67. The zero-order valence-electron chi connectivity index (χ0n) is 12.8. The summed E-state index contributed by atoms with van der Waals surface area (Å²) in [5.74, 6) is -0.00228. The molecule has 4 N–H and O–H groups in total. The lowest BCUT2D eigenvalue weighted by atomic mass is 10.0. The number of H-pyrrole nitrogens is 1. The minimum Gasteiger partial charge on any atom is -0.330 e. The number of benzene rings is 1. The van der Waals surface area contributed by atoms with Crippen LogP contribution < -0.4 is 11.1 Å². The summed E-state index contributed by atoms with van der Waals surface area (Å²) in [6.07, 6.45) is 3.96. The average molecular weight is 405 g/mol. The highest BCUT2D eigenvalue weighted by atomic mass is 79.9. The fraction of sp³-hybridized carbons (Fsp3) is 0.176. The smallest absolute Gasteiger partial charge is 0.225 e. The van der Waals surface area contributed by atoms with Crippen LogP contribution in [0.3, 0.4) is 0 Å².